The average Bonchev–Trinajstić information content (AvgIpc) is 2.88. The molecule has 0 saturated carbocycles. The predicted octanol–water partition coefficient (Wildman–Crippen LogP) is 3.63. The van der Waals surface area contributed by atoms with Gasteiger partial charge in [0.05, 0.1) is 11.4 Å². The quantitative estimate of drug-likeness (QED) is 0.478. The molecule has 0 unspecified atom stereocenters. The Morgan fingerprint density at radius 2 is 1.96 bits per heavy atom. The van der Waals surface area contributed by atoms with Crippen molar-refractivity contribution in [3.63, 3.8) is 0 Å². The molecule has 2 aromatic heterocycles. The molecule has 0 aromatic carbocycles. The van der Waals surface area contributed by atoms with Crippen molar-refractivity contribution >= 4 is 17.6 Å². The summed E-state index contributed by atoms with van der Waals surface area (Å²) in [6, 6.07) is 3.89. The van der Waals surface area contributed by atoms with Crippen molar-refractivity contribution in [2.24, 2.45) is 5.41 Å². The maximum absolute atomic E-state index is 11.2. The van der Waals surface area contributed by atoms with Crippen LogP contribution in [0.3, 0.4) is 0 Å². The minimum Gasteiger partial charge on any atom is -0.302 e. The molecule has 0 aliphatic carbocycles. The number of hydrogen-bond acceptors (Lipinski definition) is 4. The minimum absolute atomic E-state index is 0.0727. The van der Waals surface area contributed by atoms with E-state index in [-0.39, 0.29) is 10.8 Å². The van der Waals surface area contributed by atoms with Crippen LogP contribution in [0.2, 0.25) is 0 Å². The monoisotopic (exact) mass is 372 g/mol. The van der Waals surface area contributed by atoms with Gasteiger partial charge in [0.1, 0.15) is 5.65 Å². The predicted molar refractivity (Wildman–Crippen MR) is 109 cm³/mol. The Kier molecular flexibility index (Phi) is 6.12. The Balaban J connectivity index is 2.45. The molecule has 0 atom stereocenters. The Bertz CT molecular complexity index is 838. The van der Waals surface area contributed by atoms with E-state index in [1.807, 2.05) is 18.3 Å². The summed E-state index contributed by atoms with van der Waals surface area (Å²) >= 11 is 0. The van der Waals surface area contributed by atoms with Crippen molar-refractivity contribution in [1.29, 1.82) is 0 Å². The van der Waals surface area contributed by atoms with Crippen LogP contribution in [0.4, 0.5) is 0 Å². The summed E-state index contributed by atoms with van der Waals surface area (Å²) in [6.45, 7) is 15.0. The smallest absolute Gasteiger partial charge is 0.267 e. The number of rotatable bonds is 5. The average molecular weight is 373 g/mol. The Morgan fingerprint density at radius 3 is 2.52 bits per heavy atom. The molecule has 0 aliphatic rings. The lowest BCUT2D eigenvalue weighted by Gasteiger charge is -2.27. The molecule has 0 aliphatic heterocycles. The van der Waals surface area contributed by atoms with Crippen LogP contribution < -0.4 is 5.48 Å². The fourth-order valence-electron chi connectivity index (χ4n) is 3.30. The van der Waals surface area contributed by atoms with Crippen molar-refractivity contribution in [1.82, 2.24) is 19.8 Å². The maximum atomic E-state index is 11.2. The summed E-state index contributed by atoms with van der Waals surface area (Å²) in [7, 11) is 2.14. The highest BCUT2D eigenvalue weighted by Crippen LogP contribution is 2.28. The minimum atomic E-state index is -0.557. The molecule has 0 bridgehead atoms. The molecular weight excluding hydrogens is 340 g/mol. The first-order valence-corrected chi connectivity index (χ1v) is 9.23. The number of pyridine rings is 1. The number of hydroxylamine groups is 1. The van der Waals surface area contributed by atoms with Crippen LogP contribution in [0.15, 0.2) is 24.4 Å². The topological polar surface area (TPSA) is 69.9 Å². The van der Waals surface area contributed by atoms with Gasteiger partial charge in [0, 0.05) is 30.8 Å². The largest absolute Gasteiger partial charge is 0.302 e. The van der Waals surface area contributed by atoms with E-state index in [1.54, 1.807) is 11.6 Å². The Labute approximate surface area is 161 Å². The first kappa shape index (κ1) is 21.1. The van der Waals surface area contributed by atoms with Crippen LogP contribution in [0.25, 0.3) is 11.7 Å². The maximum Gasteiger partial charge on any atom is 0.267 e. The summed E-state index contributed by atoms with van der Waals surface area (Å²) in [5.74, 6) is -0.557. The molecule has 6 heteroatoms. The molecule has 0 spiro atoms. The third-order valence-corrected chi connectivity index (χ3v) is 4.16. The van der Waals surface area contributed by atoms with Gasteiger partial charge in [-0.25, -0.2) is 10.5 Å². The highest BCUT2D eigenvalue weighted by Gasteiger charge is 2.25. The number of fused-ring (bicyclic) bond motifs is 1. The highest BCUT2D eigenvalue weighted by atomic mass is 16.5. The molecule has 2 rings (SSSR count). The second kappa shape index (κ2) is 7.82. The van der Waals surface area contributed by atoms with Gasteiger partial charge in [-0.1, -0.05) is 41.5 Å². The van der Waals surface area contributed by atoms with E-state index in [0.717, 1.165) is 30.0 Å². The summed E-state index contributed by atoms with van der Waals surface area (Å²) < 4.78 is 2.13. The molecule has 2 heterocycles. The zero-order chi connectivity index (χ0) is 20.4. The van der Waals surface area contributed by atoms with Crippen LogP contribution in [0, 0.1) is 5.41 Å². The Morgan fingerprint density at radius 1 is 1.30 bits per heavy atom. The van der Waals surface area contributed by atoms with Gasteiger partial charge in [0.25, 0.3) is 5.91 Å². The lowest BCUT2D eigenvalue weighted by Crippen LogP contribution is -2.30. The van der Waals surface area contributed by atoms with Gasteiger partial charge in [0.2, 0.25) is 0 Å². The Hall–Kier alpha value is -2.18. The SMILES string of the molecule is CN(Cc1c(C(C)(C)C)nc2cc(C=CC(=O)NO)ccn12)CC(C)(C)C. The van der Waals surface area contributed by atoms with Crippen molar-refractivity contribution in [2.75, 3.05) is 13.6 Å². The molecule has 6 nitrogen and oxygen atoms in total. The van der Waals surface area contributed by atoms with Gasteiger partial charge in [-0.15, -0.1) is 0 Å². The van der Waals surface area contributed by atoms with E-state index < -0.39 is 5.91 Å². The molecule has 27 heavy (non-hydrogen) atoms. The van der Waals surface area contributed by atoms with E-state index in [1.165, 1.54) is 11.8 Å². The molecule has 2 N–H and O–H groups in total. The molecule has 0 fully saturated rings. The number of aromatic nitrogens is 2. The first-order valence-electron chi connectivity index (χ1n) is 9.23. The lowest BCUT2D eigenvalue weighted by atomic mass is 9.90. The molecular formula is C21H32N4O2. The van der Waals surface area contributed by atoms with Gasteiger partial charge in [-0.2, -0.15) is 0 Å². The fraction of sp³-hybridized carbons (Fsp3) is 0.524. The molecule has 148 valence electrons. The van der Waals surface area contributed by atoms with Crippen LogP contribution in [0.1, 0.15) is 58.5 Å². The molecule has 0 saturated heterocycles. The van der Waals surface area contributed by atoms with Gasteiger partial charge < -0.3 is 9.30 Å². The van der Waals surface area contributed by atoms with Crippen molar-refractivity contribution in [3.8, 4) is 0 Å². The van der Waals surface area contributed by atoms with Crippen molar-refractivity contribution in [2.45, 2.75) is 53.5 Å². The number of nitrogens with zero attached hydrogens (tertiary/aromatic N) is 3. The van der Waals surface area contributed by atoms with E-state index >= 15 is 0 Å². The van der Waals surface area contributed by atoms with Crippen molar-refractivity contribution in [3.05, 3.63) is 41.4 Å². The van der Waals surface area contributed by atoms with Gasteiger partial charge in [-0.3, -0.25) is 10.0 Å². The molecule has 2 aromatic rings. The zero-order valence-corrected chi connectivity index (χ0v) is 17.5. The molecule has 0 radical (unpaired) electrons. The van der Waals surface area contributed by atoms with Crippen molar-refractivity contribution < 1.29 is 10.0 Å². The third kappa shape index (κ3) is 5.65. The van der Waals surface area contributed by atoms with E-state index in [4.69, 9.17) is 10.2 Å². The zero-order valence-electron chi connectivity index (χ0n) is 17.5. The lowest BCUT2D eigenvalue weighted by molar-refractivity contribution is -0.124. The summed E-state index contributed by atoms with van der Waals surface area (Å²) in [5, 5.41) is 8.61. The highest BCUT2D eigenvalue weighted by molar-refractivity contribution is 5.90. The van der Waals surface area contributed by atoms with E-state index in [0.29, 0.717) is 0 Å². The van der Waals surface area contributed by atoms with Crippen LogP contribution in [-0.4, -0.2) is 39.0 Å². The van der Waals surface area contributed by atoms with Gasteiger partial charge in [-0.05, 0) is 36.2 Å². The van der Waals surface area contributed by atoms with Gasteiger partial charge in [0.15, 0.2) is 0 Å². The second-order valence-corrected chi connectivity index (χ2v) is 9.39. The number of carbonyl (C=O) groups is 1. The molecule has 1 amide bonds. The second-order valence-electron chi connectivity index (χ2n) is 9.39. The number of amides is 1. The standard InChI is InChI=1S/C21H32N4O2/c1-20(2,3)14-24(7)13-16-19(21(4,5)6)22-17-12-15(10-11-25(16)17)8-9-18(26)23-27/h8-12,27H,13-14H2,1-7H3,(H,23,26). The van der Waals surface area contributed by atoms with Crippen LogP contribution in [0.5, 0.6) is 0 Å². The normalized spacial score (nSPS) is 13.1. The summed E-state index contributed by atoms with van der Waals surface area (Å²) in [6.07, 6.45) is 4.94. The number of carbonyl (C=O) groups excluding carboxylic acids is 1. The summed E-state index contributed by atoms with van der Waals surface area (Å²) in [5.41, 5.74) is 5.72. The fourth-order valence-corrected chi connectivity index (χ4v) is 3.30. The van der Waals surface area contributed by atoms with Gasteiger partial charge >= 0.3 is 0 Å². The first-order chi connectivity index (χ1) is 12.4. The summed E-state index contributed by atoms with van der Waals surface area (Å²) in [4.78, 5) is 18.4. The van der Waals surface area contributed by atoms with Crippen LogP contribution in [-0.2, 0) is 16.8 Å². The number of imidazole rings is 1. The van der Waals surface area contributed by atoms with Crippen LogP contribution >= 0.6 is 0 Å². The number of nitrogens with one attached hydrogen (secondary N) is 1. The van der Waals surface area contributed by atoms with E-state index in [9.17, 15) is 4.79 Å². The van der Waals surface area contributed by atoms with E-state index in [2.05, 4.69) is 57.9 Å². The number of hydrogen-bond donors (Lipinski definition) is 2. The third-order valence-electron chi connectivity index (χ3n) is 4.16.